The molecule has 4 heteroatoms. The second-order valence-corrected chi connectivity index (χ2v) is 4.37. The van der Waals surface area contributed by atoms with Crippen LogP contribution in [0.2, 0.25) is 0 Å². The van der Waals surface area contributed by atoms with Gasteiger partial charge in [-0.15, -0.1) is 0 Å². The van der Waals surface area contributed by atoms with Crippen LogP contribution in [0.4, 0.5) is 0 Å². The fourth-order valence-electron chi connectivity index (χ4n) is 1.95. The number of benzene rings is 1. The Morgan fingerprint density at radius 1 is 1.00 bits per heavy atom. The maximum absolute atomic E-state index is 11.0. The lowest BCUT2D eigenvalue weighted by Gasteiger charge is -2.06. The Morgan fingerprint density at radius 2 is 1.61 bits per heavy atom. The van der Waals surface area contributed by atoms with Gasteiger partial charge in [0.25, 0.3) is 0 Å². The minimum atomic E-state index is -1.04. The zero-order chi connectivity index (χ0) is 13.3. The van der Waals surface area contributed by atoms with Crippen molar-refractivity contribution in [2.75, 3.05) is 0 Å². The van der Waals surface area contributed by atoms with Gasteiger partial charge in [0.1, 0.15) is 5.82 Å². The van der Waals surface area contributed by atoms with Gasteiger partial charge >= 0.3 is 5.97 Å². The van der Waals surface area contributed by atoms with Crippen molar-refractivity contribution in [1.82, 2.24) is 9.97 Å². The Kier molecular flexibility index (Phi) is 3.10. The lowest BCUT2D eigenvalue weighted by molar-refractivity contribution is 0.0690. The monoisotopic (exact) mass is 242 g/mol. The average Bonchev–Trinajstić information content (AvgIpc) is 2.26. The van der Waals surface area contributed by atoms with Gasteiger partial charge in [0.15, 0.2) is 5.69 Å². The van der Waals surface area contributed by atoms with Crippen LogP contribution in [0.1, 0.15) is 27.4 Å². The predicted octanol–water partition coefficient (Wildman–Crippen LogP) is 2.77. The lowest BCUT2D eigenvalue weighted by atomic mass is 10.0. The first-order valence-corrected chi connectivity index (χ1v) is 5.63. The van der Waals surface area contributed by atoms with Gasteiger partial charge < -0.3 is 5.11 Å². The van der Waals surface area contributed by atoms with E-state index in [1.807, 2.05) is 26.0 Å². The number of carboxylic acid groups (broad SMARTS) is 1. The summed E-state index contributed by atoms with van der Waals surface area (Å²) < 4.78 is 0. The van der Waals surface area contributed by atoms with Gasteiger partial charge in [0.2, 0.25) is 0 Å². The summed E-state index contributed by atoms with van der Waals surface area (Å²) in [6, 6.07) is 7.54. The van der Waals surface area contributed by atoms with Gasteiger partial charge in [-0.3, -0.25) is 0 Å². The SMILES string of the molecule is Cc1cc(C)cc(-c2cc(C(=O)O)nc(C)n2)c1. The van der Waals surface area contributed by atoms with Crippen molar-refractivity contribution in [3.8, 4) is 11.3 Å². The molecule has 4 nitrogen and oxygen atoms in total. The molecule has 0 saturated heterocycles. The third kappa shape index (κ3) is 2.53. The molecule has 2 rings (SSSR count). The lowest BCUT2D eigenvalue weighted by Crippen LogP contribution is -2.04. The van der Waals surface area contributed by atoms with Crippen LogP contribution in [-0.4, -0.2) is 21.0 Å². The molecule has 0 aliphatic rings. The van der Waals surface area contributed by atoms with E-state index in [2.05, 4.69) is 16.0 Å². The van der Waals surface area contributed by atoms with Crippen LogP contribution in [0.15, 0.2) is 24.3 Å². The molecule has 0 atom stereocenters. The third-order valence-corrected chi connectivity index (χ3v) is 2.57. The van der Waals surface area contributed by atoms with E-state index in [9.17, 15) is 4.79 Å². The van der Waals surface area contributed by atoms with Crippen LogP contribution in [-0.2, 0) is 0 Å². The number of aromatic nitrogens is 2. The topological polar surface area (TPSA) is 63.1 Å². The zero-order valence-corrected chi connectivity index (χ0v) is 10.6. The van der Waals surface area contributed by atoms with Gasteiger partial charge in [-0.1, -0.05) is 17.2 Å². The normalized spacial score (nSPS) is 10.4. The van der Waals surface area contributed by atoms with Crippen molar-refractivity contribution in [3.05, 3.63) is 46.9 Å². The molecule has 0 radical (unpaired) electrons. The number of rotatable bonds is 2. The number of hydrogen-bond acceptors (Lipinski definition) is 3. The maximum atomic E-state index is 11.0. The number of carbonyl (C=O) groups is 1. The number of aryl methyl sites for hydroxylation is 3. The highest BCUT2D eigenvalue weighted by Gasteiger charge is 2.10. The predicted molar refractivity (Wildman–Crippen MR) is 68.6 cm³/mol. The molecule has 0 aliphatic carbocycles. The van der Waals surface area contributed by atoms with Crippen molar-refractivity contribution in [1.29, 1.82) is 0 Å². The van der Waals surface area contributed by atoms with Crippen LogP contribution < -0.4 is 0 Å². The van der Waals surface area contributed by atoms with Crippen LogP contribution in [0.25, 0.3) is 11.3 Å². The van der Waals surface area contributed by atoms with Gasteiger partial charge in [-0.05, 0) is 39.0 Å². The van der Waals surface area contributed by atoms with Crippen molar-refractivity contribution < 1.29 is 9.90 Å². The van der Waals surface area contributed by atoms with Gasteiger partial charge in [-0.2, -0.15) is 0 Å². The quantitative estimate of drug-likeness (QED) is 0.879. The molecule has 0 fully saturated rings. The molecule has 0 unspecified atom stereocenters. The number of nitrogens with zero attached hydrogens (tertiary/aromatic N) is 2. The Morgan fingerprint density at radius 3 is 2.17 bits per heavy atom. The first-order valence-electron chi connectivity index (χ1n) is 5.63. The minimum absolute atomic E-state index is 0.0247. The number of carboxylic acids is 1. The molecular weight excluding hydrogens is 228 g/mol. The van der Waals surface area contributed by atoms with E-state index in [0.717, 1.165) is 16.7 Å². The van der Waals surface area contributed by atoms with E-state index >= 15 is 0 Å². The third-order valence-electron chi connectivity index (χ3n) is 2.57. The summed E-state index contributed by atoms with van der Waals surface area (Å²) >= 11 is 0. The smallest absolute Gasteiger partial charge is 0.354 e. The minimum Gasteiger partial charge on any atom is -0.477 e. The summed E-state index contributed by atoms with van der Waals surface area (Å²) in [7, 11) is 0. The first kappa shape index (κ1) is 12.2. The molecule has 0 aliphatic heterocycles. The fraction of sp³-hybridized carbons (Fsp3) is 0.214. The molecule has 1 N–H and O–H groups in total. The summed E-state index contributed by atoms with van der Waals surface area (Å²) in [6.45, 7) is 5.70. The summed E-state index contributed by atoms with van der Waals surface area (Å²) in [5, 5.41) is 9.00. The number of hydrogen-bond donors (Lipinski definition) is 1. The molecule has 0 spiro atoms. The molecule has 2 aromatic rings. The standard InChI is InChI=1S/C14H14N2O2/c1-8-4-9(2)6-11(5-8)12-7-13(14(17)18)16-10(3)15-12/h4-7H,1-3H3,(H,17,18). The molecule has 0 bridgehead atoms. The van der Waals surface area contributed by atoms with E-state index < -0.39 is 5.97 Å². The Bertz CT molecular complexity index is 601. The van der Waals surface area contributed by atoms with E-state index in [4.69, 9.17) is 5.11 Å². The largest absolute Gasteiger partial charge is 0.477 e. The van der Waals surface area contributed by atoms with Crippen LogP contribution >= 0.6 is 0 Å². The molecule has 1 aromatic heterocycles. The second kappa shape index (κ2) is 4.56. The Balaban J connectivity index is 2.59. The van der Waals surface area contributed by atoms with Crippen molar-refractivity contribution in [3.63, 3.8) is 0 Å². The van der Waals surface area contributed by atoms with Crippen LogP contribution in [0, 0.1) is 20.8 Å². The van der Waals surface area contributed by atoms with E-state index in [0.29, 0.717) is 11.5 Å². The number of aromatic carboxylic acids is 1. The highest BCUT2D eigenvalue weighted by atomic mass is 16.4. The van der Waals surface area contributed by atoms with Crippen molar-refractivity contribution >= 4 is 5.97 Å². The molecule has 18 heavy (non-hydrogen) atoms. The molecule has 0 saturated carbocycles. The van der Waals surface area contributed by atoms with Crippen molar-refractivity contribution in [2.24, 2.45) is 0 Å². The zero-order valence-electron chi connectivity index (χ0n) is 10.6. The summed E-state index contributed by atoms with van der Waals surface area (Å²) in [6.07, 6.45) is 0. The molecular formula is C14H14N2O2. The van der Waals surface area contributed by atoms with Crippen LogP contribution in [0.3, 0.4) is 0 Å². The molecule has 1 aromatic carbocycles. The fourth-order valence-corrected chi connectivity index (χ4v) is 1.95. The van der Waals surface area contributed by atoms with Gasteiger partial charge in [-0.25, -0.2) is 14.8 Å². The van der Waals surface area contributed by atoms with Gasteiger partial charge in [0, 0.05) is 5.56 Å². The molecule has 0 amide bonds. The maximum Gasteiger partial charge on any atom is 0.354 e. The van der Waals surface area contributed by atoms with Crippen molar-refractivity contribution in [2.45, 2.75) is 20.8 Å². The van der Waals surface area contributed by atoms with E-state index in [1.165, 1.54) is 6.07 Å². The summed E-state index contributed by atoms with van der Waals surface area (Å²) in [5.74, 6) is -0.574. The van der Waals surface area contributed by atoms with Gasteiger partial charge in [0.05, 0.1) is 5.69 Å². The summed E-state index contributed by atoms with van der Waals surface area (Å²) in [4.78, 5) is 19.2. The molecule has 92 valence electrons. The highest BCUT2D eigenvalue weighted by molar-refractivity contribution is 5.86. The highest BCUT2D eigenvalue weighted by Crippen LogP contribution is 2.21. The van der Waals surface area contributed by atoms with Crippen LogP contribution in [0.5, 0.6) is 0 Å². The first-order chi connectivity index (χ1) is 8.45. The molecule has 1 heterocycles. The Labute approximate surface area is 105 Å². The second-order valence-electron chi connectivity index (χ2n) is 4.37. The summed E-state index contributed by atoms with van der Waals surface area (Å²) in [5.41, 5.74) is 3.83. The van der Waals surface area contributed by atoms with E-state index in [-0.39, 0.29) is 5.69 Å². The van der Waals surface area contributed by atoms with E-state index in [1.54, 1.807) is 6.92 Å². The average molecular weight is 242 g/mol. The Hall–Kier alpha value is -2.23.